The van der Waals surface area contributed by atoms with Crippen LogP contribution in [0.2, 0.25) is 0 Å². The third kappa shape index (κ3) is 4.42. The smallest absolute Gasteiger partial charge is 0.211 e. The second kappa shape index (κ2) is 8.58. The lowest BCUT2D eigenvalue weighted by Crippen LogP contribution is -2.48. The lowest BCUT2D eigenvalue weighted by atomic mass is 9.99. The Kier molecular flexibility index (Phi) is 5.75. The summed E-state index contributed by atoms with van der Waals surface area (Å²) in [5, 5.41) is 1.92. The molecule has 5 rings (SSSR count). The van der Waals surface area contributed by atoms with Gasteiger partial charge in [0.05, 0.1) is 23.5 Å². The van der Waals surface area contributed by atoms with Crippen molar-refractivity contribution in [2.24, 2.45) is 0 Å². The fraction of sp³-hybridized carbons (Fsp3) is 0.429. The quantitative estimate of drug-likeness (QED) is 0.551. The van der Waals surface area contributed by atoms with E-state index in [0.29, 0.717) is 56.6 Å². The average molecular weight is 490 g/mol. The van der Waals surface area contributed by atoms with Crippen molar-refractivity contribution in [3.05, 3.63) is 46.3 Å². The number of anilines is 2. The van der Waals surface area contributed by atoms with Gasteiger partial charge in [0.2, 0.25) is 10.0 Å². The molecule has 0 aromatic carbocycles. The van der Waals surface area contributed by atoms with Gasteiger partial charge in [-0.1, -0.05) is 0 Å². The van der Waals surface area contributed by atoms with Crippen molar-refractivity contribution in [2.45, 2.75) is 19.4 Å². The van der Waals surface area contributed by atoms with Crippen molar-refractivity contribution in [3.63, 3.8) is 0 Å². The highest BCUT2D eigenvalue weighted by Gasteiger charge is 2.29. The first-order valence-corrected chi connectivity index (χ1v) is 13.5. The van der Waals surface area contributed by atoms with Gasteiger partial charge in [-0.05, 0) is 6.92 Å². The summed E-state index contributed by atoms with van der Waals surface area (Å²) in [7, 11) is -3.23. The van der Waals surface area contributed by atoms with Gasteiger partial charge in [-0.2, -0.15) is 4.31 Å². The molecule has 0 aliphatic carbocycles. The van der Waals surface area contributed by atoms with E-state index in [4.69, 9.17) is 9.97 Å². The molecule has 174 valence electrons. The number of fused-ring (bicyclic) bond motifs is 1. The fourth-order valence-corrected chi connectivity index (χ4v) is 5.71. The van der Waals surface area contributed by atoms with Crippen molar-refractivity contribution >= 4 is 33.0 Å². The summed E-state index contributed by atoms with van der Waals surface area (Å²) in [6, 6.07) is 2.79. The van der Waals surface area contributed by atoms with Crippen LogP contribution in [0.3, 0.4) is 0 Å². The molecule has 12 heteroatoms. The molecule has 2 aliphatic heterocycles. The van der Waals surface area contributed by atoms with Gasteiger partial charge < -0.3 is 9.80 Å². The zero-order valence-corrected chi connectivity index (χ0v) is 20.0. The molecule has 1 saturated heterocycles. The molecule has 1 unspecified atom stereocenters. The average Bonchev–Trinajstić information content (AvgIpc) is 3.33. The molecule has 0 spiro atoms. The standard InChI is InChI=1S/C21H24FN7O2S2/c1-14-16-11-23-21(18-12-32-13-24-18)25-17(16)3-4-29(14)20-10-15(22)9-19(26-20)27-5-7-28(8-6-27)33(2,30)31/h9-14H,3-8H2,1-2H3. The van der Waals surface area contributed by atoms with Gasteiger partial charge in [0, 0.05) is 68.4 Å². The van der Waals surface area contributed by atoms with Crippen LogP contribution in [0.15, 0.2) is 29.2 Å². The number of sulfonamides is 1. The van der Waals surface area contributed by atoms with E-state index >= 15 is 0 Å². The largest absolute Gasteiger partial charge is 0.354 e. The van der Waals surface area contributed by atoms with E-state index in [0.717, 1.165) is 17.0 Å². The second-order valence-corrected chi connectivity index (χ2v) is 10.9. The van der Waals surface area contributed by atoms with E-state index in [-0.39, 0.29) is 11.9 Å². The Morgan fingerprint density at radius 3 is 2.52 bits per heavy atom. The minimum Gasteiger partial charge on any atom is -0.354 e. The number of piperazine rings is 1. The molecular formula is C21H24FN7O2S2. The third-order valence-corrected chi connectivity index (χ3v) is 8.05. The van der Waals surface area contributed by atoms with Gasteiger partial charge in [0.25, 0.3) is 0 Å². The highest BCUT2D eigenvalue weighted by molar-refractivity contribution is 7.88. The molecule has 33 heavy (non-hydrogen) atoms. The summed E-state index contributed by atoms with van der Waals surface area (Å²) >= 11 is 1.51. The van der Waals surface area contributed by atoms with Crippen LogP contribution in [-0.4, -0.2) is 71.6 Å². The summed E-state index contributed by atoms with van der Waals surface area (Å²) in [5.74, 6) is 1.33. The van der Waals surface area contributed by atoms with E-state index in [9.17, 15) is 12.8 Å². The summed E-state index contributed by atoms with van der Waals surface area (Å²) in [4.78, 5) is 22.2. The molecule has 2 aliphatic rings. The Morgan fingerprint density at radius 2 is 1.82 bits per heavy atom. The minimum absolute atomic E-state index is 0.0672. The Balaban J connectivity index is 1.38. The maximum absolute atomic E-state index is 14.6. The topological polar surface area (TPSA) is 95.4 Å². The molecule has 3 aromatic heterocycles. The number of thiazole rings is 1. The van der Waals surface area contributed by atoms with Crippen molar-refractivity contribution in [2.75, 3.05) is 48.8 Å². The predicted octanol–water partition coefficient (Wildman–Crippen LogP) is 2.34. The Labute approximate surface area is 196 Å². The molecule has 5 heterocycles. The van der Waals surface area contributed by atoms with Crippen molar-refractivity contribution in [3.8, 4) is 11.5 Å². The van der Waals surface area contributed by atoms with E-state index in [1.54, 1.807) is 5.51 Å². The number of hydrogen-bond donors (Lipinski definition) is 0. The number of nitrogens with zero attached hydrogens (tertiary/aromatic N) is 7. The summed E-state index contributed by atoms with van der Waals surface area (Å²) in [6.07, 6.45) is 3.73. The fourth-order valence-electron chi connectivity index (χ4n) is 4.35. The first-order chi connectivity index (χ1) is 15.8. The first kappa shape index (κ1) is 22.1. The molecular weight excluding hydrogens is 465 g/mol. The zero-order valence-electron chi connectivity index (χ0n) is 18.3. The maximum atomic E-state index is 14.6. The third-order valence-electron chi connectivity index (χ3n) is 6.16. The Bertz CT molecular complexity index is 1260. The van der Waals surface area contributed by atoms with E-state index in [1.165, 1.54) is 34.0 Å². The Hall–Kier alpha value is -2.70. The van der Waals surface area contributed by atoms with Gasteiger partial charge >= 0.3 is 0 Å². The van der Waals surface area contributed by atoms with E-state index < -0.39 is 10.0 Å². The highest BCUT2D eigenvalue weighted by Crippen LogP contribution is 2.33. The number of hydrogen-bond acceptors (Lipinski definition) is 9. The molecule has 0 amide bonds. The SMILES string of the molecule is CC1c2cnc(-c3cscn3)nc2CCN1c1cc(F)cc(N2CCN(S(C)(=O)=O)CC2)n1. The van der Waals surface area contributed by atoms with Crippen LogP contribution in [0.5, 0.6) is 0 Å². The van der Waals surface area contributed by atoms with Gasteiger partial charge in [0.1, 0.15) is 23.1 Å². The zero-order chi connectivity index (χ0) is 23.2. The van der Waals surface area contributed by atoms with Crippen LogP contribution in [-0.2, 0) is 16.4 Å². The molecule has 9 nitrogen and oxygen atoms in total. The van der Waals surface area contributed by atoms with Crippen molar-refractivity contribution in [1.29, 1.82) is 0 Å². The monoisotopic (exact) mass is 489 g/mol. The molecule has 3 aromatic rings. The minimum atomic E-state index is -3.23. The predicted molar refractivity (Wildman–Crippen MR) is 125 cm³/mol. The maximum Gasteiger partial charge on any atom is 0.211 e. The summed E-state index contributed by atoms with van der Waals surface area (Å²) in [6.45, 7) is 4.35. The van der Waals surface area contributed by atoms with E-state index in [1.807, 2.05) is 23.4 Å². The number of pyridine rings is 1. The molecule has 0 bridgehead atoms. The molecule has 1 atom stereocenters. The van der Waals surface area contributed by atoms with Crippen molar-refractivity contribution in [1.82, 2.24) is 24.2 Å². The Morgan fingerprint density at radius 1 is 1.06 bits per heavy atom. The van der Waals surface area contributed by atoms with Crippen LogP contribution >= 0.6 is 11.3 Å². The lowest BCUT2D eigenvalue weighted by molar-refractivity contribution is 0.386. The van der Waals surface area contributed by atoms with Crippen LogP contribution in [0.25, 0.3) is 11.5 Å². The van der Waals surface area contributed by atoms with Gasteiger partial charge in [-0.25, -0.2) is 32.7 Å². The normalized spacial score (nSPS) is 19.5. The molecule has 1 fully saturated rings. The van der Waals surface area contributed by atoms with Crippen LogP contribution in [0, 0.1) is 5.82 Å². The van der Waals surface area contributed by atoms with E-state index in [2.05, 4.69) is 14.9 Å². The summed E-state index contributed by atoms with van der Waals surface area (Å²) < 4.78 is 39.6. The molecule has 0 radical (unpaired) electrons. The van der Waals surface area contributed by atoms with Crippen LogP contribution in [0.4, 0.5) is 16.0 Å². The lowest BCUT2D eigenvalue weighted by Gasteiger charge is -2.37. The number of aromatic nitrogens is 4. The van der Waals surface area contributed by atoms with Gasteiger partial charge in [-0.3, -0.25) is 0 Å². The molecule has 0 saturated carbocycles. The van der Waals surface area contributed by atoms with Crippen LogP contribution in [0.1, 0.15) is 24.2 Å². The van der Waals surface area contributed by atoms with Crippen molar-refractivity contribution < 1.29 is 12.8 Å². The number of rotatable bonds is 4. The van der Waals surface area contributed by atoms with Crippen LogP contribution < -0.4 is 9.80 Å². The van der Waals surface area contributed by atoms with Gasteiger partial charge in [-0.15, -0.1) is 11.3 Å². The number of halogens is 1. The summed E-state index contributed by atoms with van der Waals surface area (Å²) in [5.41, 5.74) is 4.50. The molecule has 0 N–H and O–H groups in total. The van der Waals surface area contributed by atoms with Gasteiger partial charge in [0.15, 0.2) is 5.82 Å². The highest BCUT2D eigenvalue weighted by atomic mass is 32.2. The first-order valence-electron chi connectivity index (χ1n) is 10.7. The second-order valence-electron chi connectivity index (χ2n) is 8.24.